The van der Waals surface area contributed by atoms with Crippen LogP contribution in [0.5, 0.6) is 0 Å². The van der Waals surface area contributed by atoms with E-state index >= 15 is 0 Å². The Hall–Kier alpha value is -2.84. The predicted octanol–water partition coefficient (Wildman–Crippen LogP) is 6.32. The molecule has 0 unspecified atom stereocenters. The highest BCUT2D eigenvalue weighted by Gasteiger charge is 2.38. The van der Waals surface area contributed by atoms with Gasteiger partial charge in [-0.25, -0.2) is 4.68 Å². The summed E-state index contributed by atoms with van der Waals surface area (Å²) in [6.45, 7) is 1.75. The number of aromatic nitrogens is 2. The number of hydrogen-bond acceptors (Lipinski definition) is 3. The second-order valence-corrected chi connectivity index (χ2v) is 7.73. The maximum Gasteiger partial charge on any atom is 0.435 e. The van der Waals surface area contributed by atoms with Crippen LogP contribution < -0.4 is 5.32 Å². The third kappa shape index (κ3) is 3.61. The van der Waals surface area contributed by atoms with Crippen molar-refractivity contribution in [1.82, 2.24) is 9.78 Å². The second kappa shape index (κ2) is 7.20. The largest absolute Gasteiger partial charge is 0.435 e. The fraction of sp³-hybridized carbons (Fsp3) is 0.100. The predicted molar refractivity (Wildman–Crippen MR) is 108 cm³/mol. The van der Waals surface area contributed by atoms with Crippen LogP contribution in [0, 0.1) is 6.92 Å². The molecule has 4 rings (SSSR count). The van der Waals surface area contributed by atoms with Crippen LogP contribution in [0.25, 0.3) is 15.9 Å². The monoisotopic (exact) mass is 435 g/mol. The van der Waals surface area contributed by atoms with Gasteiger partial charge in [-0.1, -0.05) is 35.9 Å². The van der Waals surface area contributed by atoms with Gasteiger partial charge in [0, 0.05) is 16.1 Å². The number of amides is 1. The maximum absolute atomic E-state index is 13.5. The van der Waals surface area contributed by atoms with E-state index in [1.54, 1.807) is 55.5 Å². The Labute approximate surface area is 172 Å². The Balaban J connectivity index is 1.80. The quantitative estimate of drug-likeness (QED) is 0.409. The molecule has 1 N–H and O–H groups in total. The number of hydrogen-bond donors (Lipinski definition) is 1. The lowest BCUT2D eigenvalue weighted by atomic mass is 10.2. The minimum absolute atomic E-state index is 0.112. The molecular weight excluding hydrogens is 423 g/mol. The average molecular weight is 436 g/mol. The molecule has 0 fully saturated rings. The van der Waals surface area contributed by atoms with Gasteiger partial charge in [0.25, 0.3) is 5.91 Å². The number of anilines is 1. The smallest absolute Gasteiger partial charge is 0.321 e. The lowest BCUT2D eigenvalue weighted by Crippen LogP contribution is -2.11. The van der Waals surface area contributed by atoms with Gasteiger partial charge in [-0.15, -0.1) is 11.3 Å². The molecule has 2 heterocycles. The molecule has 9 heteroatoms. The van der Waals surface area contributed by atoms with Crippen molar-refractivity contribution in [2.45, 2.75) is 13.1 Å². The molecule has 0 saturated heterocycles. The molecule has 0 aliphatic heterocycles. The van der Waals surface area contributed by atoms with Crippen molar-refractivity contribution in [3.63, 3.8) is 0 Å². The van der Waals surface area contributed by atoms with E-state index in [2.05, 4.69) is 10.4 Å². The molecule has 0 atom stereocenters. The molecule has 1 amide bonds. The van der Waals surface area contributed by atoms with Crippen molar-refractivity contribution < 1.29 is 18.0 Å². The highest BCUT2D eigenvalue weighted by atomic mass is 35.5. The number of nitrogens with zero attached hydrogens (tertiary/aromatic N) is 2. The van der Waals surface area contributed by atoms with Gasteiger partial charge >= 0.3 is 6.18 Å². The molecule has 0 aliphatic rings. The fourth-order valence-corrected chi connectivity index (χ4v) is 4.10. The van der Waals surface area contributed by atoms with E-state index in [1.807, 2.05) is 0 Å². The van der Waals surface area contributed by atoms with Gasteiger partial charge in [0.1, 0.15) is 4.83 Å². The standard InChI is InChI=1S/C20H13ClF3N3OS/c1-11-14(21)8-5-9-15(11)25-18(28)16-10-13-17(20(22,23)24)26-27(19(13)29-16)12-6-3-2-4-7-12/h2-10H,1H3,(H,25,28). The molecule has 4 aromatic rings. The molecule has 0 aliphatic carbocycles. The number of para-hydroxylation sites is 1. The summed E-state index contributed by atoms with van der Waals surface area (Å²) in [7, 11) is 0. The topological polar surface area (TPSA) is 46.9 Å². The summed E-state index contributed by atoms with van der Waals surface area (Å²) in [6, 6.07) is 14.8. The highest BCUT2D eigenvalue weighted by molar-refractivity contribution is 7.20. The van der Waals surface area contributed by atoms with E-state index in [-0.39, 0.29) is 15.1 Å². The first-order valence-electron chi connectivity index (χ1n) is 8.47. The molecule has 4 nitrogen and oxygen atoms in total. The Morgan fingerprint density at radius 3 is 2.55 bits per heavy atom. The lowest BCUT2D eigenvalue weighted by Gasteiger charge is -2.08. The van der Waals surface area contributed by atoms with Gasteiger partial charge in [0.05, 0.1) is 10.6 Å². The number of rotatable bonds is 3. The van der Waals surface area contributed by atoms with Gasteiger partial charge in [-0.05, 0) is 42.8 Å². The number of alkyl halides is 3. The van der Waals surface area contributed by atoms with Crippen molar-refractivity contribution in [3.8, 4) is 5.69 Å². The number of benzene rings is 2. The van der Waals surface area contributed by atoms with Crippen molar-refractivity contribution in [2.24, 2.45) is 0 Å². The SMILES string of the molecule is Cc1c(Cl)cccc1NC(=O)c1cc2c(C(F)(F)F)nn(-c3ccccc3)c2s1. The van der Waals surface area contributed by atoms with E-state index in [0.717, 1.165) is 11.3 Å². The van der Waals surface area contributed by atoms with Crippen LogP contribution >= 0.6 is 22.9 Å². The first-order chi connectivity index (χ1) is 13.8. The van der Waals surface area contributed by atoms with Gasteiger partial charge in [0.15, 0.2) is 5.69 Å². The van der Waals surface area contributed by atoms with Crippen molar-refractivity contribution in [1.29, 1.82) is 0 Å². The van der Waals surface area contributed by atoms with E-state index in [0.29, 0.717) is 22.0 Å². The first kappa shape index (κ1) is 19.5. The third-order valence-electron chi connectivity index (χ3n) is 4.37. The molecule has 0 bridgehead atoms. The van der Waals surface area contributed by atoms with Crippen molar-refractivity contribution >= 4 is 44.7 Å². The van der Waals surface area contributed by atoms with Crippen LogP contribution in [0.4, 0.5) is 18.9 Å². The molecule has 0 radical (unpaired) electrons. The molecule has 29 heavy (non-hydrogen) atoms. The molecular formula is C20H13ClF3N3OS. The van der Waals surface area contributed by atoms with E-state index < -0.39 is 17.8 Å². The maximum atomic E-state index is 13.5. The number of thiophene rings is 1. The third-order valence-corrected chi connectivity index (χ3v) is 5.89. The van der Waals surface area contributed by atoms with Crippen LogP contribution in [0.1, 0.15) is 20.9 Å². The number of carbonyl (C=O) groups excluding carboxylic acids is 1. The summed E-state index contributed by atoms with van der Waals surface area (Å²) >= 11 is 7.01. The van der Waals surface area contributed by atoms with Gasteiger partial charge in [-0.3, -0.25) is 4.79 Å². The Bertz CT molecular complexity index is 1220. The average Bonchev–Trinajstić information content (AvgIpc) is 3.25. The molecule has 0 spiro atoms. The molecule has 148 valence electrons. The normalized spacial score (nSPS) is 11.8. The molecule has 2 aromatic carbocycles. The summed E-state index contributed by atoms with van der Waals surface area (Å²) in [5, 5.41) is 6.84. The Morgan fingerprint density at radius 1 is 1.14 bits per heavy atom. The summed E-state index contributed by atoms with van der Waals surface area (Å²) in [5.41, 5.74) is 0.633. The highest BCUT2D eigenvalue weighted by Crippen LogP contribution is 2.39. The number of halogens is 4. The van der Waals surface area contributed by atoms with Crippen LogP contribution in [-0.2, 0) is 6.18 Å². The summed E-state index contributed by atoms with van der Waals surface area (Å²) in [6.07, 6.45) is -4.64. The number of nitrogens with one attached hydrogen (secondary N) is 1. The van der Waals surface area contributed by atoms with E-state index in [4.69, 9.17) is 11.6 Å². The van der Waals surface area contributed by atoms with Gasteiger partial charge in [0.2, 0.25) is 0 Å². The van der Waals surface area contributed by atoms with Gasteiger partial charge < -0.3 is 5.32 Å². The summed E-state index contributed by atoms with van der Waals surface area (Å²) in [4.78, 5) is 13.1. The minimum atomic E-state index is -4.64. The van der Waals surface area contributed by atoms with Crippen LogP contribution in [0.3, 0.4) is 0 Å². The first-order valence-corrected chi connectivity index (χ1v) is 9.67. The fourth-order valence-electron chi connectivity index (χ4n) is 2.90. The summed E-state index contributed by atoms with van der Waals surface area (Å²) in [5.74, 6) is -0.510. The van der Waals surface area contributed by atoms with Crippen LogP contribution in [0.15, 0.2) is 54.6 Å². The zero-order chi connectivity index (χ0) is 20.8. The van der Waals surface area contributed by atoms with Crippen LogP contribution in [-0.4, -0.2) is 15.7 Å². The zero-order valence-corrected chi connectivity index (χ0v) is 16.5. The van der Waals surface area contributed by atoms with Gasteiger partial charge in [-0.2, -0.15) is 18.3 Å². The Kier molecular flexibility index (Phi) is 4.84. The number of carbonyl (C=O) groups is 1. The van der Waals surface area contributed by atoms with E-state index in [1.165, 1.54) is 10.7 Å². The van der Waals surface area contributed by atoms with Crippen molar-refractivity contribution in [2.75, 3.05) is 5.32 Å². The Morgan fingerprint density at radius 2 is 1.86 bits per heavy atom. The molecule has 0 saturated carbocycles. The van der Waals surface area contributed by atoms with Crippen molar-refractivity contribution in [3.05, 3.63) is 75.8 Å². The molecule has 2 aromatic heterocycles. The van der Waals surface area contributed by atoms with Crippen LogP contribution in [0.2, 0.25) is 5.02 Å². The van der Waals surface area contributed by atoms with E-state index in [9.17, 15) is 18.0 Å². The second-order valence-electron chi connectivity index (χ2n) is 6.29. The summed E-state index contributed by atoms with van der Waals surface area (Å²) < 4.78 is 41.8. The minimum Gasteiger partial charge on any atom is -0.321 e. The number of fused-ring (bicyclic) bond motifs is 1. The zero-order valence-electron chi connectivity index (χ0n) is 14.9. The lowest BCUT2D eigenvalue weighted by molar-refractivity contribution is -0.140.